The summed E-state index contributed by atoms with van der Waals surface area (Å²) >= 11 is 0. The summed E-state index contributed by atoms with van der Waals surface area (Å²) < 4.78 is 0. The molecule has 1 aromatic carbocycles. The van der Waals surface area contributed by atoms with E-state index in [-0.39, 0.29) is 0 Å². The maximum absolute atomic E-state index is 10.6. The predicted molar refractivity (Wildman–Crippen MR) is 80.9 cm³/mol. The smallest absolute Gasteiger partial charge is 0.328 e. The molecule has 0 saturated heterocycles. The van der Waals surface area contributed by atoms with Crippen LogP contribution in [0, 0.1) is 12.8 Å². The van der Waals surface area contributed by atoms with Crippen LogP contribution < -0.4 is 4.90 Å². The molecule has 2 aliphatic rings. The number of nitrogens with zero attached hydrogens (tertiary/aromatic N) is 1. The number of aryl methyl sites for hydroxylation is 1. The second-order valence-electron chi connectivity index (χ2n) is 6.04. The van der Waals surface area contributed by atoms with Crippen molar-refractivity contribution in [2.45, 2.75) is 38.6 Å². The Bertz CT molecular complexity index is 542. The summed E-state index contributed by atoms with van der Waals surface area (Å²) in [6, 6.07) is 7.10. The number of benzene rings is 1. The van der Waals surface area contributed by atoms with Crippen molar-refractivity contribution in [3.8, 4) is 0 Å². The molecule has 1 N–H and O–H groups in total. The molecule has 20 heavy (non-hydrogen) atoms. The average Bonchev–Trinajstić information content (AvgIpc) is 3.26. The molecule has 2 saturated carbocycles. The third kappa shape index (κ3) is 3.21. The first-order valence-electron chi connectivity index (χ1n) is 7.42. The monoisotopic (exact) mass is 271 g/mol. The third-order valence-electron chi connectivity index (χ3n) is 4.13. The first-order chi connectivity index (χ1) is 9.63. The highest BCUT2D eigenvalue weighted by Crippen LogP contribution is 2.38. The quantitative estimate of drug-likeness (QED) is 0.805. The van der Waals surface area contributed by atoms with E-state index in [4.69, 9.17) is 5.11 Å². The topological polar surface area (TPSA) is 40.5 Å². The molecule has 0 radical (unpaired) electrons. The van der Waals surface area contributed by atoms with E-state index in [0.29, 0.717) is 0 Å². The SMILES string of the molecule is Cc1cc(N(CC2CC2)C2CC2)ccc1C=CC(=O)O. The average molecular weight is 271 g/mol. The van der Waals surface area contributed by atoms with Gasteiger partial charge in [0.25, 0.3) is 0 Å². The van der Waals surface area contributed by atoms with Gasteiger partial charge in [-0.05, 0) is 67.9 Å². The predicted octanol–water partition coefficient (Wildman–Crippen LogP) is 3.47. The summed E-state index contributed by atoms with van der Waals surface area (Å²) in [5.41, 5.74) is 3.42. The molecule has 0 atom stereocenters. The Morgan fingerprint density at radius 3 is 2.65 bits per heavy atom. The lowest BCUT2D eigenvalue weighted by molar-refractivity contribution is -0.131. The summed E-state index contributed by atoms with van der Waals surface area (Å²) in [5, 5.41) is 8.70. The second kappa shape index (κ2) is 5.31. The van der Waals surface area contributed by atoms with E-state index in [9.17, 15) is 4.79 Å². The van der Waals surface area contributed by atoms with Crippen molar-refractivity contribution in [2.24, 2.45) is 5.92 Å². The van der Waals surface area contributed by atoms with Crippen molar-refractivity contribution >= 4 is 17.7 Å². The number of carbonyl (C=O) groups is 1. The van der Waals surface area contributed by atoms with Crippen molar-refractivity contribution in [3.63, 3.8) is 0 Å². The molecule has 0 aliphatic heterocycles. The summed E-state index contributed by atoms with van der Waals surface area (Å²) in [5.74, 6) is -0.00990. The van der Waals surface area contributed by atoms with Gasteiger partial charge in [0.2, 0.25) is 0 Å². The molecule has 0 amide bonds. The van der Waals surface area contributed by atoms with Crippen LogP contribution >= 0.6 is 0 Å². The second-order valence-corrected chi connectivity index (χ2v) is 6.04. The van der Waals surface area contributed by atoms with E-state index in [1.54, 1.807) is 6.08 Å². The van der Waals surface area contributed by atoms with Crippen LogP contribution in [0.1, 0.15) is 36.8 Å². The molecule has 0 spiro atoms. The maximum atomic E-state index is 10.6. The van der Waals surface area contributed by atoms with E-state index in [1.165, 1.54) is 44.0 Å². The van der Waals surface area contributed by atoms with Crippen LogP contribution in [0.5, 0.6) is 0 Å². The van der Waals surface area contributed by atoms with Gasteiger partial charge in [0.15, 0.2) is 0 Å². The minimum absolute atomic E-state index is 0.732. The van der Waals surface area contributed by atoms with Gasteiger partial charge in [-0.1, -0.05) is 6.07 Å². The fraction of sp³-hybridized carbons (Fsp3) is 0.471. The fourth-order valence-electron chi connectivity index (χ4n) is 2.62. The molecule has 0 aromatic heterocycles. The van der Waals surface area contributed by atoms with Gasteiger partial charge < -0.3 is 10.0 Å². The van der Waals surface area contributed by atoms with E-state index < -0.39 is 5.97 Å². The van der Waals surface area contributed by atoms with Crippen LogP contribution in [-0.4, -0.2) is 23.7 Å². The van der Waals surface area contributed by atoms with Crippen LogP contribution in [-0.2, 0) is 4.79 Å². The van der Waals surface area contributed by atoms with Gasteiger partial charge in [-0.15, -0.1) is 0 Å². The summed E-state index contributed by atoms with van der Waals surface area (Å²) in [7, 11) is 0. The van der Waals surface area contributed by atoms with Gasteiger partial charge in [0.05, 0.1) is 0 Å². The van der Waals surface area contributed by atoms with Crippen molar-refractivity contribution in [1.82, 2.24) is 0 Å². The van der Waals surface area contributed by atoms with Gasteiger partial charge in [-0.3, -0.25) is 0 Å². The van der Waals surface area contributed by atoms with Gasteiger partial charge in [0, 0.05) is 24.4 Å². The van der Waals surface area contributed by atoms with Crippen LogP contribution in [0.15, 0.2) is 24.3 Å². The number of aliphatic carboxylic acids is 1. The molecule has 0 unspecified atom stereocenters. The van der Waals surface area contributed by atoms with Crippen LogP contribution in [0.25, 0.3) is 6.08 Å². The Hall–Kier alpha value is -1.77. The Labute approximate surface area is 119 Å². The molecule has 1 aromatic rings. The van der Waals surface area contributed by atoms with Crippen molar-refractivity contribution in [2.75, 3.05) is 11.4 Å². The molecule has 3 rings (SSSR count). The van der Waals surface area contributed by atoms with E-state index >= 15 is 0 Å². The Balaban J connectivity index is 1.78. The highest BCUT2D eigenvalue weighted by atomic mass is 16.4. The molecule has 2 fully saturated rings. The molecule has 3 heteroatoms. The van der Waals surface area contributed by atoms with E-state index in [2.05, 4.69) is 17.0 Å². The van der Waals surface area contributed by atoms with Crippen molar-refractivity contribution in [1.29, 1.82) is 0 Å². The molecule has 0 heterocycles. The minimum atomic E-state index is -0.901. The minimum Gasteiger partial charge on any atom is -0.478 e. The van der Waals surface area contributed by atoms with E-state index in [1.807, 2.05) is 13.0 Å². The zero-order chi connectivity index (χ0) is 14.1. The van der Waals surface area contributed by atoms with Gasteiger partial charge >= 0.3 is 5.97 Å². The standard InChI is InChI=1S/C17H21NO2/c1-12-10-16(6-4-14(12)5-9-17(19)20)18(15-7-8-15)11-13-2-3-13/h4-6,9-10,13,15H,2-3,7-8,11H2,1H3,(H,19,20). The summed E-state index contributed by atoms with van der Waals surface area (Å²) in [4.78, 5) is 13.1. The van der Waals surface area contributed by atoms with Crippen molar-refractivity contribution < 1.29 is 9.90 Å². The molecule has 0 bridgehead atoms. The van der Waals surface area contributed by atoms with Gasteiger partial charge in [0.1, 0.15) is 0 Å². The van der Waals surface area contributed by atoms with Crippen LogP contribution in [0.3, 0.4) is 0 Å². The molecule has 106 valence electrons. The van der Waals surface area contributed by atoms with Crippen LogP contribution in [0.2, 0.25) is 0 Å². The molecular weight excluding hydrogens is 250 g/mol. The highest BCUT2D eigenvalue weighted by Gasteiger charge is 2.33. The first-order valence-corrected chi connectivity index (χ1v) is 7.42. The van der Waals surface area contributed by atoms with Crippen molar-refractivity contribution in [3.05, 3.63) is 35.4 Å². The third-order valence-corrected chi connectivity index (χ3v) is 4.13. The number of carboxylic acids is 1. The molecular formula is C17H21NO2. The molecule has 2 aliphatic carbocycles. The van der Waals surface area contributed by atoms with Crippen LogP contribution in [0.4, 0.5) is 5.69 Å². The maximum Gasteiger partial charge on any atom is 0.328 e. The number of carboxylic acid groups (broad SMARTS) is 1. The van der Waals surface area contributed by atoms with Gasteiger partial charge in [-0.25, -0.2) is 4.79 Å². The Morgan fingerprint density at radius 1 is 1.35 bits per heavy atom. The lowest BCUT2D eigenvalue weighted by Gasteiger charge is -2.25. The Morgan fingerprint density at radius 2 is 2.10 bits per heavy atom. The summed E-state index contributed by atoms with van der Waals surface area (Å²) in [6.07, 6.45) is 8.25. The lowest BCUT2D eigenvalue weighted by atomic mass is 10.1. The number of hydrogen-bond acceptors (Lipinski definition) is 2. The first kappa shape index (κ1) is 13.2. The number of hydrogen-bond donors (Lipinski definition) is 1. The van der Waals surface area contributed by atoms with E-state index in [0.717, 1.165) is 23.1 Å². The lowest BCUT2D eigenvalue weighted by Crippen LogP contribution is -2.28. The van der Waals surface area contributed by atoms with Gasteiger partial charge in [-0.2, -0.15) is 0 Å². The number of anilines is 1. The normalized spacial score (nSPS) is 18.4. The highest BCUT2D eigenvalue weighted by molar-refractivity contribution is 5.85. The Kier molecular flexibility index (Phi) is 3.51. The number of rotatable bonds is 6. The molecule has 3 nitrogen and oxygen atoms in total. The largest absolute Gasteiger partial charge is 0.478 e. The zero-order valence-electron chi connectivity index (χ0n) is 11.9. The fourth-order valence-corrected chi connectivity index (χ4v) is 2.62. The zero-order valence-corrected chi connectivity index (χ0v) is 11.9. The summed E-state index contributed by atoms with van der Waals surface area (Å²) in [6.45, 7) is 3.24.